The maximum absolute atomic E-state index is 13.6. The van der Waals surface area contributed by atoms with E-state index in [1.54, 1.807) is 0 Å². The SMILES string of the molecule is O=C(O)CCC(Cc1ccccc1)NC(=O)CCc1cc(F)ccc1F. The zero-order valence-corrected chi connectivity index (χ0v) is 14.3. The molecule has 0 aliphatic rings. The Kier molecular flexibility index (Phi) is 7.26. The Morgan fingerprint density at radius 2 is 1.77 bits per heavy atom. The Morgan fingerprint density at radius 3 is 2.46 bits per heavy atom. The van der Waals surface area contributed by atoms with E-state index >= 15 is 0 Å². The van der Waals surface area contributed by atoms with E-state index in [2.05, 4.69) is 5.32 Å². The molecule has 4 nitrogen and oxygen atoms in total. The number of carbonyl (C=O) groups is 2. The number of hydrogen-bond donors (Lipinski definition) is 2. The van der Waals surface area contributed by atoms with Gasteiger partial charge in [-0.2, -0.15) is 0 Å². The van der Waals surface area contributed by atoms with Crippen LogP contribution in [-0.4, -0.2) is 23.0 Å². The highest BCUT2D eigenvalue weighted by molar-refractivity contribution is 5.76. The van der Waals surface area contributed by atoms with Crippen molar-refractivity contribution < 1.29 is 23.5 Å². The molecule has 6 heteroatoms. The summed E-state index contributed by atoms with van der Waals surface area (Å²) in [7, 11) is 0. The normalized spacial score (nSPS) is 11.8. The Labute approximate surface area is 150 Å². The van der Waals surface area contributed by atoms with Crippen LogP contribution in [0.1, 0.15) is 30.4 Å². The monoisotopic (exact) mass is 361 g/mol. The van der Waals surface area contributed by atoms with E-state index in [4.69, 9.17) is 5.11 Å². The van der Waals surface area contributed by atoms with Gasteiger partial charge < -0.3 is 10.4 Å². The van der Waals surface area contributed by atoms with Crippen LogP contribution in [0.4, 0.5) is 8.78 Å². The van der Waals surface area contributed by atoms with Gasteiger partial charge in [0.15, 0.2) is 0 Å². The number of amides is 1. The Morgan fingerprint density at radius 1 is 1.04 bits per heavy atom. The van der Waals surface area contributed by atoms with E-state index in [9.17, 15) is 18.4 Å². The standard InChI is InChI=1S/C20H21F2NO3/c21-16-7-9-18(22)15(13-16)6-10-19(24)23-17(8-11-20(25)26)12-14-4-2-1-3-5-14/h1-5,7,9,13,17H,6,8,10-12H2,(H,23,24)(H,25,26). The molecule has 0 aliphatic carbocycles. The number of carbonyl (C=O) groups excluding carboxylic acids is 1. The summed E-state index contributed by atoms with van der Waals surface area (Å²) in [6, 6.07) is 12.2. The molecule has 0 aliphatic heterocycles. The molecule has 2 aromatic carbocycles. The second-order valence-electron chi connectivity index (χ2n) is 6.12. The van der Waals surface area contributed by atoms with Gasteiger partial charge in [0.05, 0.1) is 0 Å². The van der Waals surface area contributed by atoms with Crippen LogP contribution in [0.3, 0.4) is 0 Å². The lowest BCUT2D eigenvalue weighted by molar-refractivity contribution is -0.137. The lowest BCUT2D eigenvalue weighted by Gasteiger charge is -2.18. The predicted octanol–water partition coefficient (Wildman–Crippen LogP) is 3.49. The number of benzene rings is 2. The van der Waals surface area contributed by atoms with E-state index in [1.807, 2.05) is 30.3 Å². The summed E-state index contributed by atoms with van der Waals surface area (Å²) in [6.07, 6.45) is 0.819. The smallest absolute Gasteiger partial charge is 0.303 e. The number of aliphatic carboxylic acids is 1. The van der Waals surface area contributed by atoms with Gasteiger partial charge in [0, 0.05) is 18.9 Å². The molecule has 2 rings (SSSR count). The van der Waals surface area contributed by atoms with Crippen molar-refractivity contribution in [2.45, 2.75) is 38.1 Å². The minimum atomic E-state index is -0.931. The fourth-order valence-electron chi connectivity index (χ4n) is 2.70. The Bertz CT molecular complexity index is 750. The second kappa shape index (κ2) is 9.65. The Balaban J connectivity index is 1.93. The van der Waals surface area contributed by atoms with E-state index < -0.39 is 17.6 Å². The summed E-state index contributed by atoms with van der Waals surface area (Å²) in [5.74, 6) is -2.35. The van der Waals surface area contributed by atoms with Crippen LogP contribution in [0.25, 0.3) is 0 Å². The largest absolute Gasteiger partial charge is 0.481 e. The average Bonchev–Trinajstić information content (AvgIpc) is 2.61. The molecular formula is C20H21F2NO3. The summed E-state index contributed by atoms with van der Waals surface area (Å²) >= 11 is 0. The molecule has 0 spiro atoms. The van der Waals surface area contributed by atoms with Gasteiger partial charge in [0.25, 0.3) is 0 Å². The predicted molar refractivity (Wildman–Crippen MR) is 93.6 cm³/mol. The van der Waals surface area contributed by atoms with Crippen LogP contribution >= 0.6 is 0 Å². The van der Waals surface area contributed by atoms with Crippen molar-refractivity contribution in [2.75, 3.05) is 0 Å². The van der Waals surface area contributed by atoms with Gasteiger partial charge in [0.1, 0.15) is 11.6 Å². The first kappa shape index (κ1) is 19.6. The minimum Gasteiger partial charge on any atom is -0.481 e. The first-order chi connectivity index (χ1) is 12.4. The van der Waals surface area contributed by atoms with Crippen LogP contribution in [-0.2, 0) is 22.4 Å². The molecule has 1 atom stereocenters. The van der Waals surface area contributed by atoms with Crippen molar-refractivity contribution in [1.82, 2.24) is 5.32 Å². The third-order valence-electron chi connectivity index (χ3n) is 4.03. The molecule has 1 amide bonds. The van der Waals surface area contributed by atoms with E-state index in [0.29, 0.717) is 12.8 Å². The van der Waals surface area contributed by atoms with Gasteiger partial charge in [-0.15, -0.1) is 0 Å². The van der Waals surface area contributed by atoms with Crippen molar-refractivity contribution >= 4 is 11.9 Å². The molecule has 0 aromatic heterocycles. The molecule has 0 saturated heterocycles. The maximum Gasteiger partial charge on any atom is 0.303 e. The Hall–Kier alpha value is -2.76. The van der Waals surface area contributed by atoms with Crippen LogP contribution in [0.2, 0.25) is 0 Å². The van der Waals surface area contributed by atoms with Crippen LogP contribution in [0, 0.1) is 11.6 Å². The van der Waals surface area contributed by atoms with E-state index in [-0.39, 0.29) is 36.8 Å². The lowest BCUT2D eigenvalue weighted by Crippen LogP contribution is -2.37. The van der Waals surface area contributed by atoms with Crippen LogP contribution < -0.4 is 5.32 Å². The van der Waals surface area contributed by atoms with Crippen molar-refractivity contribution in [2.24, 2.45) is 0 Å². The van der Waals surface area contributed by atoms with Crippen molar-refractivity contribution in [3.05, 3.63) is 71.3 Å². The summed E-state index contributed by atoms with van der Waals surface area (Å²) in [5, 5.41) is 11.7. The minimum absolute atomic E-state index is 0.00126. The number of aryl methyl sites for hydroxylation is 1. The molecule has 0 saturated carbocycles. The highest BCUT2D eigenvalue weighted by Crippen LogP contribution is 2.13. The number of rotatable bonds is 9. The number of carboxylic acids is 1. The molecule has 0 fully saturated rings. The molecule has 26 heavy (non-hydrogen) atoms. The number of nitrogens with one attached hydrogen (secondary N) is 1. The third-order valence-corrected chi connectivity index (χ3v) is 4.03. The number of carboxylic acid groups (broad SMARTS) is 1. The number of halogens is 2. The molecule has 0 radical (unpaired) electrons. The quantitative estimate of drug-likeness (QED) is 0.718. The second-order valence-corrected chi connectivity index (χ2v) is 6.12. The molecule has 0 bridgehead atoms. The topological polar surface area (TPSA) is 66.4 Å². The summed E-state index contributed by atoms with van der Waals surface area (Å²) < 4.78 is 26.8. The van der Waals surface area contributed by atoms with Gasteiger partial charge in [-0.05, 0) is 48.6 Å². The van der Waals surface area contributed by atoms with Crippen LogP contribution in [0.15, 0.2) is 48.5 Å². The van der Waals surface area contributed by atoms with E-state index in [1.165, 1.54) is 0 Å². The van der Waals surface area contributed by atoms with Gasteiger partial charge in [-0.25, -0.2) is 8.78 Å². The first-order valence-electron chi connectivity index (χ1n) is 8.43. The highest BCUT2D eigenvalue weighted by Gasteiger charge is 2.15. The zero-order valence-electron chi connectivity index (χ0n) is 14.3. The van der Waals surface area contributed by atoms with Gasteiger partial charge >= 0.3 is 5.97 Å². The van der Waals surface area contributed by atoms with Gasteiger partial charge in [-0.1, -0.05) is 30.3 Å². The number of hydrogen-bond acceptors (Lipinski definition) is 2. The summed E-state index contributed by atoms with van der Waals surface area (Å²) in [4.78, 5) is 23.0. The van der Waals surface area contributed by atoms with E-state index in [0.717, 1.165) is 23.8 Å². The summed E-state index contributed by atoms with van der Waals surface area (Å²) in [6.45, 7) is 0. The third kappa shape index (κ3) is 6.63. The van der Waals surface area contributed by atoms with Gasteiger partial charge in [0.2, 0.25) is 5.91 Å². The van der Waals surface area contributed by atoms with Crippen molar-refractivity contribution in [3.8, 4) is 0 Å². The molecule has 138 valence electrons. The molecular weight excluding hydrogens is 340 g/mol. The fraction of sp³-hybridized carbons (Fsp3) is 0.300. The van der Waals surface area contributed by atoms with Gasteiger partial charge in [-0.3, -0.25) is 9.59 Å². The lowest BCUT2D eigenvalue weighted by atomic mass is 10.0. The summed E-state index contributed by atoms with van der Waals surface area (Å²) in [5.41, 5.74) is 1.13. The molecule has 2 N–H and O–H groups in total. The van der Waals surface area contributed by atoms with Crippen molar-refractivity contribution in [3.63, 3.8) is 0 Å². The highest BCUT2D eigenvalue weighted by atomic mass is 19.1. The average molecular weight is 361 g/mol. The molecule has 0 heterocycles. The van der Waals surface area contributed by atoms with Crippen molar-refractivity contribution in [1.29, 1.82) is 0 Å². The molecule has 2 aromatic rings. The fourth-order valence-corrected chi connectivity index (χ4v) is 2.70. The zero-order chi connectivity index (χ0) is 18.9. The first-order valence-corrected chi connectivity index (χ1v) is 8.43. The maximum atomic E-state index is 13.6. The van der Waals surface area contributed by atoms with Crippen LogP contribution in [0.5, 0.6) is 0 Å². The molecule has 1 unspecified atom stereocenters.